The molecule has 0 N–H and O–H groups in total. The van der Waals surface area contributed by atoms with E-state index in [1.54, 1.807) is 0 Å². The lowest BCUT2D eigenvalue weighted by Crippen LogP contribution is -2.69. The van der Waals surface area contributed by atoms with Crippen molar-refractivity contribution >= 4 is 0 Å². The third-order valence-electron chi connectivity index (χ3n) is 3.63. The second-order valence-corrected chi connectivity index (χ2v) is 6.02. The molecule has 0 saturated heterocycles. The molecule has 0 aromatic rings. The molecule has 0 amide bonds. The van der Waals surface area contributed by atoms with E-state index in [1.165, 1.54) is 0 Å². The standard InChI is InChI=1S/C12H2F22/c13-3(14,1-2-4(15,16)6(19,20)9(25,26)11(29,30)31)5(17,18)7(21,22)8(23,24)10(27,28)12(32,33)34/h1-2H/b2-1+. The lowest BCUT2D eigenvalue weighted by molar-refractivity contribution is -0.436. The van der Waals surface area contributed by atoms with Crippen LogP contribution in [-0.2, 0) is 0 Å². The highest BCUT2D eigenvalue weighted by atomic mass is 19.4. The minimum Gasteiger partial charge on any atom is -0.195 e. The minimum absolute atomic E-state index is 2.73. The average molecular weight is 564 g/mol. The maximum absolute atomic E-state index is 13.2. The highest BCUT2D eigenvalue weighted by Gasteiger charge is 2.90. The van der Waals surface area contributed by atoms with Crippen molar-refractivity contribution in [2.45, 2.75) is 59.7 Å². The summed E-state index contributed by atoms with van der Waals surface area (Å²) in [6.45, 7) is 0. The Balaban J connectivity index is 6.60. The van der Waals surface area contributed by atoms with Gasteiger partial charge in [0.1, 0.15) is 0 Å². The summed E-state index contributed by atoms with van der Waals surface area (Å²) < 4.78 is 278. The molecule has 0 unspecified atom stereocenters. The Hall–Kier alpha value is -1.80. The number of halogens is 22. The summed E-state index contributed by atoms with van der Waals surface area (Å²) in [5, 5.41) is 0. The van der Waals surface area contributed by atoms with Gasteiger partial charge in [0.2, 0.25) is 0 Å². The molecule has 0 bridgehead atoms. The number of hydrogen-bond donors (Lipinski definition) is 0. The summed E-state index contributed by atoms with van der Waals surface area (Å²) in [6.07, 6.45) is -20.9. The highest BCUT2D eigenvalue weighted by Crippen LogP contribution is 2.61. The molecule has 204 valence electrons. The minimum atomic E-state index is -8.55. The van der Waals surface area contributed by atoms with Crippen LogP contribution in [0.5, 0.6) is 0 Å². The van der Waals surface area contributed by atoms with Crippen LogP contribution >= 0.6 is 0 Å². The van der Waals surface area contributed by atoms with Crippen LogP contribution in [0.3, 0.4) is 0 Å². The van der Waals surface area contributed by atoms with Crippen LogP contribution in [0, 0.1) is 0 Å². The van der Waals surface area contributed by atoms with Crippen molar-refractivity contribution in [3.8, 4) is 0 Å². The first-order valence-corrected chi connectivity index (χ1v) is 7.07. The van der Waals surface area contributed by atoms with Crippen molar-refractivity contribution in [3.63, 3.8) is 0 Å². The van der Waals surface area contributed by atoms with Crippen molar-refractivity contribution in [2.75, 3.05) is 0 Å². The SMILES string of the molecule is FC(F)(F)C(F)(F)C(F)(F)C(F)(F)/C=C/C(F)(F)C(F)(F)C(F)(F)C(F)(F)C(F)(F)C(F)(F)F. The molecule has 0 rings (SSSR count). The van der Waals surface area contributed by atoms with E-state index in [0.29, 0.717) is 0 Å². The molecule has 22 heteroatoms. The van der Waals surface area contributed by atoms with Gasteiger partial charge in [0.15, 0.2) is 0 Å². The fraction of sp³-hybridized carbons (Fsp3) is 0.833. The van der Waals surface area contributed by atoms with E-state index in [-0.39, 0.29) is 0 Å². The van der Waals surface area contributed by atoms with Crippen LogP contribution in [0.15, 0.2) is 12.2 Å². The molecule has 0 atom stereocenters. The smallest absolute Gasteiger partial charge is 0.195 e. The normalized spacial score (nSPS) is 17.0. The molecule has 0 aliphatic rings. The van der Waals surface area contributed by atoms with Crippen LogP contribution in [0.4, 0.5) is 96.6 Å². The van der Waals surface area contributed by atoms with Gasteiger partial charge >= 0.3 is 59.7 Å². The Morgan fingerprint density at radius 1 is 0.235 bits per heavy atom. The van der Waals surface area contributed by atoms with Gasteiger partial charge in [-0.1, -0.05) is 0 Å². The van der Waals surface area contributed by atoms with Crippen molar-refractivity contribution in [3.05, 3.63) is 12.2 Å². The molecule has 0 aromatic heterocycles. The lowest BCUT2D eigenvalue weighted by atomic mass is 9.93. The number of allylic oxidation sites excluding steroid dienone is 2. The summed E-state index contributed by atoms with van der Waals surface area (Å²) in [5.41, 5.74) is 0. The summed E-state index contributed by atoms with van der Waals surface area (Å²) >= 11 is 0. The van der Waals surface area contributed by atoms with Gasteiger partial charge in [-0.3, -0.25) is 0 Å². The Kier molecular flexibility index (Phi) is 7.44. The Morgan fingerprint density at radius 2 is 0.412 bits per heavy atom. The number of alkyl halides is 22. The molecule has 0 radical (unpaired) electrons. The molecule has 0 spiro atoms. The summed E-state index contributed by atoms with van der Waals surface area (Å²) in [7, 11) is 0. The third kappa shape index (κ3) is 4.32. The van der Waals surface area contributed by atoms with E-state index in [1.807, 2.05) is 0 Å². The zero-order valence-corrected chi connectivity index (χ0v) is 14.5. The molecule has 0 saturated carbocycles. The van der Waals surface area contributed by atoms with Gasteiger partial charge in [0.25, 0.3) is 0 Å². The Bertz CT molecular complexity index is 760. The van der Waals surface area contributed by atoms with E-state index in [9.17, 15) is 96.6 Å². The molecule has 0 aliphatic heterocycles. The average Bonchev–Trinajstić information content (AvgIpc) is 2.57. The van der Waals surface area contributed by atoms with Crippen molar-refractivity contribution in [1.29, 1.82) is 0 Å². The van der Waals surface area contributed by atoms with Crippen LogP contribution in [0.25, 0.3) is 0 Å². The second-order valence-electron chi connectivity index (χ2n) is 6.02. The molecular formula is C12H2F22. The fourth-order valence-corrected chi connectivity index (χ4v) is 1.59. The topological polar surface area (TPSA) is 0 Å². The van der Waals surface area contributed by atoms with E-state index in [2.05, 4.69) is 0 Å². The van der Waals surface area contributed by atoms with Crippen LogP contribution in [0.1, 0.15) is 0 Å². The first-order chi connectivity index (χ1) is 14.2. The maximum Gasteiger partial charge on any atom is 0.460 e. The first kappa shape index (κ1) is 32.2. The summed E-state index contributed by atoms with van der Waals surface area (Å²) in [6, 6.07) is 0. The molecule has 34 heavy (non-hydrogen) atoms. The number of hydrogen-bond acceptors (Lipinski definition) is 0. The molecule has 0 fully saturated rings. The van der Waals surface area contributed by atoms with Gasteiger partial charge in [0, 0.05) is 0 Å². The Labute approximate surface area is 170 Å². The van der Waals surface area contributed by atoms with E-state index < -0.39 is 71.9 Å². The van der Waals surface area contributed by atoms with Crippen LogP contribution < -0.4 is 0 Å². The van der Waals surface area contributed by atoms with Gasteiger partial charge < -0.3 is 0 Å². The predicted molar refractivity (Wildman–Crippen MR) is 60.8 cm³/mol. The quantitative estimate of drug-likeness (QED) is 0.209. The molecule has 0 nitrogen and oxygen atoms in total. The third-order valence-corrected chi connectivity index (χ3v) is 3.63. The van der Waals surface area contributed by atoms with Gasteiger partial charge in [-0.2, -0.15) is 96.6 Å². The van der Waals surface area contributed by atoms with Gasteiger partial charge in [-0.05, 0) is 12.2 Å². The van der Waals surface area contributed by atoms with E-state index in [4.69, 9.17) is 0 Å². The summed E-state index contributed by atoms with van der Waals surface area (Å²) in [4.78, 5) is 0. The van der Waals surface area contributed by atoms with Gasteiger partial charge in [-0.25, -0.2) is 0 Å². The first-order valence-electron chi connectivity index (χ1n) is 7.07. The zero-order chi connectivity index (χ0) is 28.4. The van der Waals surface area contributed by atoms with E-state index >= 15 is 0 Å². The summed E-state index contributed by atoms with van der Waals surface area (Å²) in [5.74, 6) is -64.2. The van der Waals surface area contributed by atoms with Crippen molar-refractivity contribution < 1.29 is 96.6 Å². The predicted octanol–water partition coefficient (Wildman–Crippen LogP) is 7.75. The fourth-order valence-electron chi connectivity index (χ4n) is 1.59. The van der Waals surface area contributed by atoms with E-state index in [0.717, 1.165) is 0 Å². The van der Waals surface area contributed by atoms with Crippen molar-refractivity contribution in [2.24, 2.45) is 0 Å². The van der Waals surface area contributed by atoms with Crippen LogP contribution in [0.2, 0.25) is 0 Å². The maximum atomic E-state index is 13.2. The zero-order valence-electron chi connectivity index (χ0n) is 14.5. The second kappa shape index (κ2) is 7.85. The molecular weight excluding hydrogens is 562 g/mol. The molecule has 0 heterocycles. The number of rotatable bonds is 8. The van der Waals surface area contributed by atoms with Crippen molar-refractivity contribution in [1.82, 2.24) is 0 Å². The molecule has 0 aromatic carbocycles. The largest absolute Gasteiger partial charge is 0.460 e. The lowest BCUT2D eigenvalue weighted by Gasteiger charge is -2.39. The van der Waals surface area contributed by atoms with Gasteiger partial charge in [-0.15, -0.1) is 0 Å². The van der Waals surface area contributed by atoms with Gasteiger partial charge in [0.05, 0.1) is 0 Å². The monoisotopic (exact) mass is 564 g/mol. The molecule has 0 aliphatic carbocycles. The van der Waals surface area contributed by atoms with Crippen LogP contribution in [-0.4, -0.2) is 59.7 Å². The highest BCUT2D eigenvalue weighted by molar-refractivity contribution is 5.19. The Morgan fingerprint density at radius 3 is 0.647 bits per heavy atom.